The van der Waals surface area contributed by atoms with E-state index >= 15 is 0 Å². The molecule has 7 rings (SSSR count). The Labute approximate surface area is 229 Å². The quantitative estimate of drug-likeness (QED) is 0.177. The van der Waals surface area contributed by atoms with Crippen LogP contribution >= 0.6 is 0 Å². The average Bonchev–Trinajstić information content (AvgIpc) is 3.89. The number of pyridine rings is 1. The van der Waals surface area contributed by atoms with Gasteiger partial charge in [0, 0.05) is 36.0 Å². The van der Waals surface area contributed by atoms with Crippen molar-refractivity contribution in [3.05, 3.63) is 65.6 Å². The van der Waals surface area contributed by atoms with Gasteiger partial charge in [0.25, 0.3) is 5.91 Å². The molecule has 1 aliphatic heterocycles. The highest BCUT2D eigenvalue weighted by molar-refractivity contribution is 6.14. The first-order chi connectivity index (χ1) is 19.6. The molecule has 3 amide bonds. The minimum atomic E-state index is -0.560. The summed E-state index contributed by atoms with van der Waals surface area (Å²) in [6.45, 7) is 1.20. The fourth-order valence-electron chi connectivity index (χ4n) is 4.46. The summed E-state index contributed by atoms with van der Waals surface area (Å²) in [5, 5.41) is 15.9. The Morgan fingerprint density at radius 1 is 1.02 bits per heavy atom. The summed E-state index contributed by atoms with van der Waals surface area (Å²) in [4.78, 5) is 37.5. The van der Waals surface area contributed by atoms with Crippen molar-refractivity contribution in [1.29, 1.82) is 0 Å². The second-order valence-corrected chi connectivity index (χ2v) is 10.2. The standard InChI is InChI=1S/C28H27N9O3/c38-25-22(33-28(39)35-25)11-19-14-31-37-24(19)34-26(36-27(37)32-20-8-9-20)30-13-17-3-1-2-4-21(17)18-7-10-23(29-12-18)40-15-16-5-6-16/h1-4,7,10-12,14,16,20H,5-6,8-9,13,15H2,(H2,30,32,34,36)(H2,33,35,38,39)/b22-11-. The highest BCUT2D eigenvalue weighted by atomic mass is 16.5. The number of ether oxygens (including phenoxy) is 1. The topological polar surface area (TPSA) is 147 Å². The number of imide groups is 1. The maximum atomic E-state index is 12.1. The van der Waals surface area contributed by atoms with Gasteiger partial charge in [0.2, 0.25) is 17.8 Å². The Morgan fingerprint density at radius 2 is 1.90 bits per heavy atom. The van der Waals surface area contributed by atoms with Crippen LogP contribution in [0.3, 0.4) is 0 Å². The van der Waals surface area contributed by atoms with Gasteiger partial charge in [0.05, 0.1) is 12.8 Å². The van der Waals surface area contributed by atoms with Gasteiger partial charge in [-0.3, -0.25) is 10.1 Å². The van der Waals surface area contributed by atoms with E-state index in [1.807, 2.05) is 30.5 Å². The molecule has 4 heterocycles. The first kappa shape index (κ1) is 24.1. The van der Waals surface area contributed by atoms with Gasteiger partial charge in [0.15, 0.2) is 5.65 Å². The summed E-state index contributed by atoms with van der Waals surface area (Å²) in [6.07, 6.45) is 9.59. The van der Waals surface area contributed by atoms with Crippen LogP contribution in [0.4, 0.5) is 16.7 Å². The molecule has 0 unspecified atom stereocenters. The van der Waals surface area contributed by atoms with Crippen molar-refractivity contribution < 1.29 is 14.3 Å². The molecule has 40 heavy (non-hydrogen) atoms. The highest BCUT2D eigenvalue weighted by Gasteiger charge is 2.26. The molecule has 3 fully saturated rings. The van der Waals surface area contributed by atoms with Crippen molar-refractivity contribution in [2.75, 3.05) is 17.2 Å². The van der Waals surface area contributed by atoms with E-state index in [0.29, 0.717) is 47.5 Å². The van der Waals surface area contributed by atoms with Gasteiger partial charge in [0.1, 0.15) is 5.70 Å². The van der Waals surface area contributed by atoms with Crippen LogP contribution in [0.1, 0.15) is 36.8 Å². The number of nitrogens with one attached hydrogen (secondary N) is 4. The van der Waals surface area contributed by atoms with Gasteiger partial charge < -0.3 is 20.7 Å². The summed E-state index contributed by atoms with van der Waals surface area (Å²) < 4.78 is 7.40. The number of carbonyl (C=O) groups is 2. The minimum Gasteiger partial charge on any atom is -0.477 e. The van der Waals surface area contributed by atoms with Gasteiger partial charge in [-0.1, -0.05) is 24.3 Å². The molecule has 12 nitrogen and oxygen atoms in total. The number of urea groups is 1. The molecule has 3 aliphatic rings. The fraction of sp³-hybridized carbons (Fsp3) is 0.286. The molecule has 202 valence electrons. The van der Waals surface area contributed by atoms with Crippen molar-refractivity contribution in [2.24, 2.45) is 5.92 Å². The first-order valence-electron chi connectivity index (χ1n) is 13.4. The average molecular weight is 538 g/mol. The van der Waals surface area contributed by atoms with Gasteiger partial charge in [-0.25, -0.2) is 9.78 Å². The summed E-state index contributed by atoms with van der Waals surface area (Å²) >= 11 is 0. The fourth-order valence-corrected chi connectivity index (χ4v) is 4.46. The van der Waals surface area contributed by atoms with E-state index in [0.717, 1.165) is 36.1 Å². The lowest BCUT2D eigenvalue weighted by molar-refractivity contribution is -0.115. The summed E-state index contributed by atoms with van der Waals surface area (Å²) in [5.74, 6) is 1.78. The predicted molar refractivity (Wildman–Crippen MR) is 147 cm³/mol. The second kappa shape index (κ2) is 9.95. The zero-order valence-electron chi connectivity index (χ0n) is 21.6. The van der Waals surface area contributed by atoms with E-state index in [9.17, 15) is 9.59 Å². The first-order valence-corrected chi connectivity index (χ1v) is 13.4. The lowest BCUT2D eigenvalue weighted by atomic mass is 10.0. The van der Waals surface area contributed by atoms with Gasteiger partial charge in [-0.2, -0.15) is 19.6 Å². The van der Waals surface area contributed by atoms with E-state index in [4.69, 9.17) is 14.7 Å². The SMILES string of the molecule is O=C1NC(=O)/C(=C/c2cnn3c(NC4CC4)nc(NCc4ccccc4-c4ccc(OCC5CC5)nc4)nc23)N1. The van der Waals surface area contributed by atoms with Gasteiger partial charge in [-0.15, -0.1) is 0 Å². The van der Waals surface area contributed by atoms with Crippen molar-refractivity contribution in [3.8, 4) is 17.0 Å². The second-order valence-electron chi connectivity index (χ2n) is 10.2. The Bertz CT molecular complexity index is 1640. The Balaban J connectivity index is 1.15. The maximum absolute atomic E-state index is 12.1. The molecule has 0 atom stereocenters. The van der Waals surface area contributed by atoms with E-state index < -0.39 is 11.9 Å². The smallest absolute Gasteiger partial charge is 0.326 e. The number of aromatic nitrogens is 5. The largest absolute Gasteiger partial charge is 0.477 e. The Kier molecular flexibility index (Phi) is 5.99. The Morgan fingerprint density at radius 3 is 2.65 bits per heavy atom. The molecular weight excluding hydrogens is 510 g/mol. The molecular formula is C28H27N9O3. The molecule has 4 N–H and O–H groups in total. The van der Waals surface area contributed by atoms with E-state index in [1.165, 1.54) is 12.8 Å². The van der Waals surface area contributed by atoms with Crippen LogP contribution in [0.15, 0.2) is 54.5 Å². The Hall–Kier alpha value is -5.00. The summed E-state index contributed by atoms with van der Waals surface area (Å²) in [5.41, 5.74) is 4.30. The lowest BCUT2D eigenvalue weighted by Crippen LogP contribution is -2.22. The van der Waals surface area contributed by atoms with Gasteiger partial charge >= 0.3 is 6.03 Å². The molecule has 1 aromatic carbocycles. The molecule has 0 spiro atoms. The molecule has 1 saturated heterocycles. The van der Waals surface area contributed by atoms with E-state index in [-0.39, 0.29) is 5.70 Å². The number of anilines is 2. The minimum absolute atomic E-state index is 0.135. The number of hydrogen-bond acceptors (Lipinski definition) is 9. The molecule has 2 aliphatic carbocycles. The molecule has 2 saturated carbocycles. The number of benzene rings is 1. The number of amides is 3. The summed E-state index contributed by atoms with van der Waals surface area (Å²) in [6, 6.07) is 11.8. The van der Waals surface area contributed by atoms with Crippen molar-refractivity contribution in [1.82, 2.24) is 35.2 Å². The molecule has 12 heteroatoms. The van der Waals surface area contributed by atoms with Crippen LogP contribution in [0.5, 0.6) is 5.88 Å². The molecule has 0 bridgehead atoms. The van der Waals surface area contributed by atoms with E-state index in [2.05, 4.69) is 43.5 Å². The number of nitrogens with zero attached hydrogens (tertiary/aromatic N) is 5. The summed E-state index contributed by atoms with van der Waals surface area (Å²) in [7, 11) is 0. The predicted octanol–water partition coefficient (Wildman–Crippen LogP) is 3.34. The van der Waals surface area contributed by atoms with Crippen LogP contribution in [-0.2, 0) is 11.3 Å². The monoisotopic (exact) mass is 537 g/mol. The van der Waals surface area contributed by atoms with Crippen LogP contribution < -0.4 is 26.0 Å². The van der Waals surface area contributed by atoms with Crippen molar-refractivity contribution >= 4 is 35.6 Å². The number of rotatable bonds is 10. The van der Waals surface area contributed by atoms with E-state index in [1.54, 1.807) is 16.8 Å². The molecule has 0 radical (unpaired) electrons. The third-order valence-corrected chi connectivity index (χ3v) is 6.99. The number of hydrogen-bond donors (Lipinski definition) is 4. The zero-order chi connectivity index (χ0) is 27.1. The van der Waals surface area contributed by atoms with Crippen LogP contribution in [0, 0.1) is 5.92 Å². The third-order valence-electron chi connectivity index (χ3n) is 6.99. The van der Waals surface area contributed by atoms with Crippen LogP contribution in [0.25, 0.3) is 22.9 Å². The van der Waals surface area contributed by atoms with Crippen LogP contribution in [0.2, 0.25) is 0 Å². The highest BCUT2D eigenvalue weighted by Crippen LogP contribution is 2.30. The van der Waals surface area contributed by atoms with Crippen LogP contribution in [-0.4, -0.2) is 49.2 Å². The van der Waals surface area contributed by atoms with Gasteiger partial charge in [-0.05, 0) is 54.9 Å². The molecule has 3 aromatic heterocycles. The zero-order valence-corrected chi connectivity index (χ0v) is 21.6. The normalized spacial score (nSPS) is 17.6. The molecule has 4 aromatic rings. The number of fused-ring (bicyclic) bond motifs is 1. The van der Waals surface area contributed by atoms with Crippen molar-refractivity contribution in [3.63, 3.8) is 0 Å². The third kappa shape index (κ3) is 5.15. The lowest BCUT2D eigenvalue weighted by Gasteiger charge is -2.13. The maximum Gasteiger partial charge on any atom is 0.326 e. The number of carbonyl (C=O) groups excluding carboxylic acids is 2. The van der Waals surface area contributed by atoms with Crippen molar-refractivity contribution in [2.45, 2.75) is 38.3 Å².